The van der Waals surface area contributed by atoms with E-state index in [1.807, 2.05) is 42.5 Å². The Balaban J connectivity index is 1.65. The number of fused-ring (bicyclic) bond motifs is 1. The molecule has 0 spiro atoms. The van der Waals surface area contributed by atoms with Crippen molar-refractivity contribution in [2.75, 3.05) is 20.8 Å². The summed E-state index contributed by atoms with van der Waals surface area (Å²) in [6.07, 6.45) is 0.554. The lowest BCUT2D eigenvalue weighted by atomic mass is 9.87. The van der Waals surface area contributed by atoms with E-state index in [9.17, 15) is 14.0 Å². The molecule has 1 amide bonds. The number of hydrogen-bond acceptors (Lipinski definition) is 5. The molecule has 1 aliphatic rings. The third-order valence-electron chi connectivity index (χ3n) is 6.64. The van der Waals surface area contributed by atoms with Crippen molar-refractivity contribution in [3.63, 3.8) is 0 Å². The molecule has 0 aliphatic carbocycles. The van der Waals surface area contributed by atoms with Gasteiger partial charge in [0.2, 0.25) is 5.43 Å². The lowest BCUT2D eigenvalue weighted by Crippen LogP contribution is -2.43. The number of ether oxygens (including phenoxy) is 2. The zero-order chi connectivity index (χ0) is 26.1. The Morgan fingerprint density at radius 2 is 1.65 bits per heavy atom. The molecule has 188 valence electrons. The van der Waals surface area contributed by atoms with Crippen LogP contribution in [0.3, 0.4) is 0 Å². The van der Waals surface area contributed by atoms with Crippen LogP contribution in [0.4, 0.5) is 4.39 Å². The highest BCUT2D eigenvalue weighted by Crippen LogP contribution is 2.41. The normalized spacial score (nSPS) is 14.7. The first-order chi connectivity index (χ1) is 17.9. The number of halogens is 1. The topological polar surface area (TPSA) is 73.7 Å². The fourth-order valence-corrected chi connectivity index (χ4v) is 4.86. The first kappa shape index (κ1) is 24.2. The summed E-state index contributed by atoms with van der Waals surface area (Å²) in [4.78, 5) is 28.6. The molecule has 0 bridgehead atoms. The highest BCUT2D eigenvalue weighted by atomic mass is 19.1. The molecule has 2 heterocycles. The molecule has 37 heavy (non-hydrogen) atoms. The van der Waals surface area contributed by atoms with Crippen LogP contribution in [-0.4, -0.2) is 41.4 Å². The molecule has 0 saturated heterocycles. The number of benzene rings is 3. The molecule has 0 fully saturated rings. The number of methoxy groups -OCH3 is 2. The summed E-state index contributed by atoms with van der Waals surface area (Å²) in [6, 6.07) is 20.4. The van der Waals surface area contributed by atoms with E-state index >= 15 is 0 Å². The van der Waals surface area contributed by atoms with Crippen molar-refractivity contribution >= 4 is 5.91 Å². The van der Waals surface area contributed by atoms with Gasteiger partial charge in [-0.3, -0.25) is 9.59 Å². The Morgan fingerprint density at radius 3 is 2.35 bits per heavy atom. The van der Waals surface area contributed by atoms with E-state index in [4.69, 9.17) is 9.47 Å². The Labute approximate surface area is 213 Å². The molecule has 0 N–H and O–H groups in total. The summed E-state index contributed by atoms with van der Waals surface area (Å²) >= 11 is 0. The van der Waals surface area contributed by atoms with Gasteiger partial charge in [0.25, 0.3) is 5.91 Å². The second kappa shape index (κ2) is 9.89. The van der Waals surface area contributed by atoms with Gasteiger partial charge in [0.1, 0.15) is 11.5 Å². The summed E-state index contributed by atoms with van der Waals surface area (Å²) in [5.41, 5.74) is 2.59. The zero-order valence-electron chi connectivity index (χ0n) is 20.8. The molecule has 7 nitrogen and oxygen atoms in total. The van der Waals surface area contributed by atoms with Crippen molar-refractivity contribution < 1.29 is 18.7 Å². The van der Waals surface area contributed by atoms with Gasteiger partial charge < -0.3 is 14.4 Å². The zero-order valence-corrected chi connectivity index (χ0v) is 20.8. The molecule has 3 aromatic carbocycles. The van der Waals surface area contributed by atoms with Gasteiger partial charge in [-0.2, -0.15) is 5.10 Å². The molecule has 0 saturated carbocycles. The first-order valence-electron chi connectivity index (χ1n) is 11.9. The molecule has 1 aliphatic heterocycles. The summed E-state index contributed by atoms with van der Waals surface area (Å²) in [7, 11) is 3.15. The van der Waals surface area contributed by atoms with Gasteiger partial charge in [0.05, 0.1) is 20.3 Å². The van der Waals surface area contributed by atoms with Crippen molar-refractivity contribution in [2.24, 2.45) is 0 Å². The number of carbonyl (C=O) groups excluding carboxylic acids is 1. The van der Waals surface area contributed by atoms with E-state index in [-0.39, 0.29) is 11.4 Å². The Bertz CT molecular complexity index is 1530. The highest BCUT2D eigenvalue weighted by molar-refractivity contribution is 5.93. The standard InChI is InChI=1S/C29H26FN3O4/c1-18-15-24(34)27(31-33(18)23-12-8-7-11-22(23)30)29(35)32-14-13-20-16-25(36-2)26(37-3)17-21(20)28(32)19-9-5-4-6-10-19/h4-12,15-17,28H,13-14H2,1-3H3. The molecule has 1 unspecified atom stereocenters. The van der Waals surface area contributed by atoms with E-state index < -0.39 is 23.2 Å². The first-order valence-corrected chi connectivity index (χ1v) is 11.9. The molecular formula is C29H26FN3O4. The van der Waals surface area contributed by atoms with Gasteiger partial charge in [0, 0.05) is 18.3 Å². The number of hydrogen-bond donors (Lipinski definition) is 0. The van der Waals surface area contributed by atoms with E-state index in [1.54, 1.807) is 44.2 Å². The predicted molar refractivity (Wildman–Crippen MR) is 137 cm³/mol. The Morgan fingerprint density at radius 1 is 0.973 bits per heavy atom. The van der Waals surface area contributed by atoms with Gasteiger partial charge in [-0.05, 0) is 54.3 Å². The largest absolute Gasteiger partial charge is 0.493 e. The average Bonchev–Trinajstić information content (AvgIpc) is 2.92. The van der Waals surface area contributed by atoms with E-state index in [1.165, 1.54) is 16.8 Å². The van der Waals surface area contributed by atoms with Crippen LogP contribution < -0.4 is 14.9 Å². The molecule has 5 rings (SSSR count). The second-order valence-corrected chi connectivity index (χ2v) is 8.83. The minimum atomic E-state index is -0.524. The number of amides is 1. The van der Waals surface area contributed by atoms with Crippen molar-refractivity contribution in [2.45, 2.75) is 19.4 Å². The molecular weight excluding hydrogens is 473 g/mol. The number of carbonyl (C=O) groups is 1. The van der Waals surface area contributed by atoms with Crippen LogP contribution in [0.15, 0.2) is 77.6 Å². The molecule has 4 aromatic rings. The van der Waals surface area contributed by atoms with E-state index in [2.05, 4.69) is 5.10 Å². The smallest absolute Gasteiger partial charge is 0.279 e. The number of rotatable bonds is 5. The van der Waals surface area contributed by atoms with Crippen molar-refractivity contribution in [1.29, 1.82) is 0 Å². The Hall–Kier alpha value is -4.46. The number of aryl methyl sites for hydroxylation is 1. The molecule has 1 aromatic heterocycles. The SMILES string of the molecule is COc1cc2c(cc1OC)C(c1ccccc1)N(C(=O)c1nn(-c3ccccc3F)c(C)cc1=O)CC2. The van der Waals surface area contributed by atoms with E-state index in [0.717, 1.165) is 16.7 Å². The number of aromatic nitrogens is 2. The summed E-state index contributed by atoms with van der Waals surface area (Å²) < 4.78 is 26.9. The number of para-hydroxylation sites is 1. The average molecular weight is 500 g/mol. The summed E-state index contributed by atoms with van der Waals surface area (Å²) in [5.74, 6) is 0.132. The predicted octanol–water partition coefficient (Wildman–Crippen LogP) is 4.49. The lowest BCUT2D eigenvalue weighted by molar-refractivity contribution is 0.0684. The van der Waals surface area contributed by atoms with Crippen molar-refractivity contribution in [3.05, 3.63) is 117 Å². The van der Waals surface area contributed by atoms with Gasteiger partial charge in [-0.1, -0.05) is 42.5 Å². The van der Waals surface area contributed by atoms with Crippen molar-refractivity contribution in [3.8, 4) is 17.2 Å². The number of nitrogens with zero attached hydrogens (tertiary/aromatic N) is 3. The quantitative estimate of drug-likeness (QED) is 0.405. The fraction of sp³-hybridized carbons (Fsp3) is 0.207. The van der Waals surface area contributed by atoms with Crippen LogP contribution in [0.25, 0.3) is 5.69 Å². The van der Waals surface area contributed by atoms with Crippen molar-refractivity contribution in [1.82, 2.24) is 14.7 Å². The van der Waals surface area contributed by atoms with Crippen LogP contribution in [0.1, 0.15) is 38.9 Å². The van der Waals surface area contributed by atoms with Crippen LogP contribution in [-0.2, 0) is 6.42 Å². The second-order valence-electron chi connectivity index (χ2n) is 8.83. The van der Waals surface area contributed by atoms with Crippen LogP contribution in [0.5, 0.6) is 11.5 Å². The Kier molecular flexibility index (Phi) is 6.48. The fourth-order valence-electron chi connectivity index (χ4n) is 4.86. The third-order valence-corrected chi connectivity index (χ3v) is 6.64. The monoisotopic (exact) mass is 499 g/mol. The third kappa shape index (κ3) is 4.35. The van der Waals surface area contributed by atoms with Crippen LogP contribution >= 0.6 is 0 Å². The lowest BCUT2D eigenvalue weighted by Gasteiger charge is -2.38. The molecule has 8 heteroatoms. The maximum Gasteiger partial charge on any atom is 0.279 e. The minimum Gasteiger partial charge on any atom is -0.493 e. The minimum absolute atomic E-state index is 0.162. The molecule has 1 atom stereocenters. The summed E-state index contributed by atoms with van der Waals surface area (Å²) in [5, 5.41) is 4.35. The van der Waals surface area contributed by atoms with Gasteiger partial charge in [-0.25, -0.2) is 9.07 Å². The van der Waals surface area contributed by atoms with Crippen LogP contribution in [0.2, 0.25) is 0 Å². The van der Waals surface area contributed by atoms with Gasteiger partial charge in [0.15, 0.2) is 17.2 Å². The maximum atomic E-state index is 14.6. The van der Waals surface area contributed by atoms with Crippen LogP contribution in [0, 0.1) is 12.7 Å². The van der Waals surface area contributed by atoms with Gasteiger partial charge in [-0.15, -0.1) is 0 Å². The van der Waals surface area contributed by atoms with E-state index in [0.29, 0.717) is 30.2 Å². The highest BCUT2D eigenvalue weighted by Gasteiger charge is 2.35. The molecule has 0 radical (unpaired) electrons. The maximum absolute atomic E-state index is 14.6. The van der Waals surface area contributed by atoms with Gasteiger partial charge >= 0.3 is 0 Å². The summed E-state index contributed by atoms with van der Waals surface area (Å²) in [6.45, 7) is 2.01.